The Morgan fingerprint density at radius 1 is 1.19 bits per heavy atom. The van der Waals surface area contributed by atoms with Crippen molar-refractivity contribution in [2.75, 3.05) is 39.3 Å². The van der Waals surface area contributed by atoms with Gasteiger partial charge in [-0.3, -0.25) is 9.80 Å². The number of nitrogens with zero attached hydrogens (tertiary/aromatic N) is 2. The molecule has 0 radical (unpaired) electrons. The van der Waals surface area contributed by atoms with Crippen molar-refractivity contribution in [2.24, 2.45) is 5.73 Å². The Morgan fingerprint density at radius 3 is 2.56 bits per heavy atom. The van der Waals surface area contributed by atoms with Gasteiger partial charge in [0.2, 0.25) is 0 Å². The average molecular weight is 227 g/mol. The van der Waals surface area contributed by atoms with Gasteiger partial charge in [0, 0.05) is 31.7 Å². The lowest BCUT2D eigenvalue weighted by Crippen LogP contribution is -2.45. The molecule has 0 aromatic heterocycles. The lowest BCUT2D eigenvalue weighted by atomic mass is 10.1. The smallest absolute Gasteiger partial charge is 0.0599 e. The number of aliphatic hydroxyl groups excluding tert-OH is 1. The second kappa shape index (κ2) is 5.96. The van der Waals surface area contributed by atoms with Gasteiger partial charge in [-0.25, -0.2) is 0 Å². The van der Waals surface area contributed by atoms with Crippen LogP contribution in [0, 0.1) is 0 Å². The zero-order valence-corrected chi connectivity index (χ0v) is 10.1. The van der Waals surface area contributed by atoms with Crippen LogP contribution < -0.4 is 5.73 Å². The molecule has 2 atom stereocenters. The lowest BCUT2D eigenvalue weighted by Gasteiger charge is -2.33. The van der Waals surface area contributed by atoms with E-state index in [0.29, 0.717) is 12.6 Å². The molecule has 0 spiro atoms. The van der Waals surface area contributed by atoms with Crippen molar-refractivity contribution in [3.05, 3.63) is 0 Å². The van der Waals surface area contributed by atoms with Gasteiger partial charge in [0.25, 0.3) is 0 Å². The first kappa shape index (κ1) is 12.3. The maximum absolute atomic E-state index is 9.25. The zero-order chi connectivity index (χ0) is 11.4. The van der Waals surface area contributed by atoms with E-state index < -0.39 is 0 Å². The van der Waals surface area contributed by atoms with Crippen molar-refractivity contribution >= 4 is 0 Å². The van der Waals surface area contributed by atoms with Crippen molar-refractivity contribution in [1.82, 2.24) is 9.80 Å². The first-order chi connectivity index (χ1) is 7.85. The third kappa shape index (κ3) is 2.74. The van der Waals surface area contributed by atoms with E-state index in [4.69, 9.17) is 5.73 Å². The summed E-state index contributed by atoms with van der Waals surface area (Å²) in [5.41, 5.74) is 5.67. The lowest BCUT2D eigenvalue weighted by molar-refractivity contribution is 0.125. The van der Waals surface area contributed by atoms with E-state index in [1.54, 1.807) is 0 Å². The first-order valence-corrected chi connectivity index (χ1v) is 6.64. The molecule has 16 heavy (non-hydrogen) atoms. The van der Waals surface area contributed by atoms with Gasteiger partial charge in [-0.15, -0.1) is 0 Å². The Balaban J connectivity index is 1.82. The molecule has 0 bridgehead atoms. The highest BCUT2D eigenvalue weighted by atomic mass is 16.3. The minimum Gasteiger partial charge on any atom is -0.395 e. The quantitative estimate of drug-likeness (QED) is 0.702. The number of aliphatic hydroxyl groups is 1. The van der Waals surface area contributed by atoms with E-state index in [0.717, 1.165) is 13.1 Å². The second-order valence-electron chi connectivity index (χ2n) is 5.11. The minimum absolute atomic E-state index is 0.176. The molecule has 2 aliphatic rings. The molecule has 0 aromatic rings. The topological polar surface area (TPSA) is 52.7 Å². The highest BCUT2D eigenvalue weighted by molar-refractivity contribution is 4.88. The molecule has 4 nitrogen and oxygen atoms in total. The number of nitrogens with two attached hydrogens (primary N) is 1. The van der Waals surface area contributed by atoms with Crippen LogP contribution in [0.15, 0.2) is 0 Å². The van der Waals surface area contributed by atoms with Gasteiger partial charge >= 0.3 is 0 Å². The van der Waals surface area contributed by atoms with E-state index in [1.165, 1.54) is 38.8 Å². The SMILES string of the molecule is NCC(CO)N1CCC(N2CCCCC2)C1. The minimum atomic E-state index is 0.176. The van der Waals surface area contributed by atoms with Crippen molar-refractivity contribution < 1.29 is 5.11 Å². The van der Waals surface area contributed by atoms with E-state index in [2.05, 4.69) is 9.80 Å². The number of likely N-dealkylation sites (tertiary alicyclic amines) is 2. The molecule has 0 aromatic carbocycles. The van der Waals surface area contributed by atoms with Crippen LogP contribution in [0.5, 0.6) is 0 Å². The van der Waals surface area contributed by atoms with Crippen LogP contribution in [0.4, 0.5) is 0 Å². The number of rotatable bonds is 4. The van der Waals surface area contributed by atoms with E-state index in [9.17, 15) is 5.11 Å². The molecule has 2 unspecified atom stereocenters. The Morgan fingerprint density at radius 2 is 1.94 bits per heavy atom. The average Bonchev–Trinajstić information content (AvgIpc) is 2.81. The van der Waals surface area contributed by atoms with Crippen LogP contribution >= 0.6 is 0 Å². The van der Waals surface area contributed by atoms with E-state index >= 15 is 0 Å². The Bertz CT molecular complexity index is 202. The van der Waals surface area contributed by atoms with Gasteiger partial charge in [-0.05, 0) is 32.4 Å². The van der Waals surface area contributed by atoms with Gasteiger partial charge in [-0.2, -0.15) is 0 Å². The van der Waals surface area contributed by atoms with Crippen molar-refractivity contribution in [2.45, 2.75) is 37.8 Å². The van der Waals surface area contributed by atoms with Gasteiger partial charge < -0.3 is 10.8 Å². The summed E-state index contributed by atoms with van der Waals surface area (Å²) in [7, 11) is 0. The fraction of sp³-hybridized carbons (Fsp3) is 1.00. The molecule has 0 saturated carbocycles. The number of hydrogen-bond acceptors (Lipinski definition) is 4. The molecular formula is C12H25N3O. The van der Waals surface area contributed by atoms with Gasteiger partial charge in [0.15, 0.2) is 0 Å². The Kier molecular flexibility index (Phi) is 4.58. The van der Waals surface area contributed by atoms with Gasteiger partial charge in [-0.1, -0.05) is 6.42 Å². The fourth-order valence-corrected chi connectivity index (χ4v) is 3.02. The third-order valence-electron chi connectivity index (χ3n) is 4.10. The van der Waals surface area contributed by atoms with Gasteiger partial charge in [0.1, 0.15) is 0 Å². The predicted octanol–water partition coefficient (Wildman–Crippen LogP) is -0.134. The Labute approximate surface area is 98.4 Å². The van der Waals surface area contributed by atoms with Gasteiger partial charge in [0.05, 0.1) is 6.61 Å². The van der Waals surface area contributed by atoms with Crippen LogP contribution in [0.3, 0.4) is 0 Å². The zero-order valence-electron chi connectivity index (χ0n) is 10.1. The summed E-state index contributed by atoms with van der Waals surface area (Å²) in [6.45, 7) is 5.51. The van der Waals surface area contributed by atoms with Crippen molar-refractivity contribution in [3.8, 4) is 0 Å². The Hall–Kier alpha value is -0.160. The molecule has 3 N–H and O–H groups in total. The molecule has 0 amide bonds. The van der Waals surface area contributed by atoms with E-state index in [-0.39, 0.29) is 12.6 Å². The highest BCUT2D eigenvalue weighted by Gasteiger charge is 2.31. The maximum atomic E-state index is 9.25. The van der Waals surface area contributed by atoms with Crippen molar-refractivity contribution in [1.29, 1.82) is 0 Å². The maximum Gasteiger partial charge on any atom is 0.0599 e. The standard InChI is InChI=1S/C12H25N3O/c13-8-12(10-16)15-7-4-11(9-15)14-5-2-1-3-6-14/h11-12,16H,1-10,13H2. The molecular weight excluding hydrogens is 202 g/mol. The van der Waals surface area contributed by atoms with Crippen LogP contribution in [0.1, 0.15) is 25.7 Å². The fourth-order valence-electron chi connectivity index (χ4n) is 3.02. The monoisotopic (exact) mass is 227 g/mol. The number of hydrogen-bond donors (Lipinski definition) is 2. The molecule has 4 heteroatoms. The van der Waals surface area contributed by atoms with Crippen LogP contribution in [0.2, 0.25) is 0 Å². The number of piperidine rings is 1. The predicted molar refractivity (Wildman–Crippen MR) is 65.3 cm³/mol. The first-order valence-electron chi connectivity index (χ1n) is 6.64. The summed E-state index contributed by atoms with van der Waals surface area (Å²) in [6, 6.07) is 0.885. The summed E-state index contributed by atoms with van der Waals surface area (Å²) in [5.74, 6) is 0. The molecule has 2 heterocycles. The molecule has 2 aliphatic heterocycles. The summed E-state index contributed by atoms with van der Waals surface area (Å²) in [6.07, 6.45) is 5.36. The van der Waals surface area contributed by atoms with E-state index in [1.807, 2.05) is 0 Å². The third-order valence-corrected chi connectivity index (χ3v) is 4.10. The summed E-state index contributed by atoms with van der Waals surface area (Å²) in [5, 5.41) is 9.25. The normalized spacial score (nSPS) is 30.8. The summed E-state index contributed by atoms with van der Waals surface area (Å²) >= 11 is 0. The van der Waals surface area contributed by atoms with Crippen LogP contribution in [0.25, 0.3) is 0 Å². The molecule has 94 valence electrons. The molecule has 2 saturated heterocycles. The molecule has 0 aliphatic carbocycles. The van der Waals surface area contributed by atoms with Crippen LogP contribution in [-0.2, 0) is 0 Å². The van der Waals surface area contributed by atoms with Crippen LogP contribution in [-0.4, -0.2) is 66.3 Å². The highest BCUT2D eigenvalue weighted by Crippen LogP contribution is 2.21. The summed E-state index contributed by atoms with van der Waals surface area (Å²) in [4.78, 5) is 4.99. The molecule has 2 fully saturated rings. The van der Waals surface area contributed by atoms with Crippen molar-refractivity contribution in [3.63, 3.8) is 0 Å². The largest absolute Gasteiger partial charge is 0.395 e. The summed E-state index contributed by atoms with van der Waals surface area (Å²) < 4.78 is 0. The molecule has 2 rings (SSSR count). The second-order valence-corrected chi connectivity index (χ2v) is 5.11.